The van der Waals surface area contributed by atoms with Gasteiger partial charge in [0.15, 0.2) is 5.78 Å². The smallest absolute Gasteiger partial charge is 0.275 e. The molecule has 1 aliphatic heterocycles. The van der Waals surface area contributed by atoms with Gasteiger partial charge < -0.3 is 10.6 Å². The predicted octanol–water partition coefficient (Wildman–Crippen LogP) is 3.14. The summed E-state index contributed by atoms with van der Waals surface area (Å²) < 4.78 is 1.72. The molecule has 0 unspecified atom stereocenters. The van der Waals surface area contributed by atoms with Crippen LogP contribution in [-0.2, 0) is 10.3 Å². The summed E-state index contributed by atoms with van der Waals surface area (Å²) in [5.41, 5.74) is 1.10. The van der Waals surface area contributed by atoms with Crippen LogP contribution in [0, 0.1) is 12.8 Å². The molecule has 1 spiro atoms. The standard InChI is InChI=1S/C21H25N5O3/c1-12(2)19(28)25-17-9-16(22-11-23-17)24-14-8-13(3)18-15(27)10-21(6-4-5-7-21)26(18)20(14)29/h8-9,11-12H,4-7,10H2,1-3H3,(H2,22,23,24,25,28). The van der Waals surface area contributed by atoms with Crippen molar-refractivity contribution in [3.05, 3.63) is 40.1 Å². The summed E-state index contributed by atoms with van der Waals surface area (Å²) in [6.45, 7) is 5.45. The molecule has 8 nitrogen and oxygen atoms in total. The average Bonchev–Trinajstić information content (AvgIpc) is 3.24. The highest BCUT2D eigenvalue weighted by Crippen LogP contribution is 2.45. The van der Waals surface area contributed by atoms with E-state index < -0.39 is 0 Å². The third kappa shape index (κ3) is 3.32. The summed E-state index contributed by atoms with van der Waals surface area (Å²) in [7, 11) is 0. The van der Waals surface area contributed by atoms with Gasteiger partial charge in [0.25, 0.3) is 5.56 Å². The summed E-state index contributed by atoms with van der Waals surface area (Å²) in [5.74, 6) is 0.492. The number of aromatic nitrogens is 3. The number of fused-ring (bicyclic) bond motifs is 2. The van der Waals surface area contributed by atoms with Gasteiger partial charge in [0.1, 0.15) is 23.7 Å². The fourth-order valence-corrected chi connectivity index (χ4v) is 4.43. The van der Waals surface area contributed by atoms with Crippen LogP contribution in [0.4, 0.5) is 17.3 Å². The fraction of sp³-hybridized carbons (Fsp3) is 0.476. The first-order valence-corrected chi connectivity index (χ1v) is 10.0. The molecule has 8 heteroatoms. The number of hydrogen-bond donors (Lipinski definition) is 2. The highest BCUT2D eigenvalue weighted by molar-refractivity contribution is 5.99. The van der Waals surface area contributed by atoms with Crippen LogP contribution in [0.5, 0.6) is 0 Å². The summed E-state index contributed by atoms with van der Waals surface area (Å²) in [6, 6.07) is 3.29. The molecule has 2 aromatic rings. The van der Waals surface area contributed by atoms with Gasteiger partial charge in [0.2, 0.25) is 5.91 Å². The zero-order valence-electron chi connectivity index (χ0n) is 16.9. The quantitative estimate of drug-likeness (QED) is 0.824. The second-order valence-electron chi connectivity index (χ2n) is 8.32. The van der Waals surface area contributed by atoms with Gasteiger partial charge in [-0.05, 0) is 31.4 Å². The van der Waals surface area contributed by atoms with E-state index in [0.717, 1.165) is 31.2 Å². The third-order valence-corrected chi connectivity index (χ3v) is 5.86. The Morgan fingerprint density at radius 1 is 1.14 bits per heavy atom. The van der Waals surface area contributed by atoms with Gasteiger partial charge in [-0.1, -0.05) is 26.7 Å². The second kappa shape index (κ2) is 7.09. The normalized spacial score (nSPS) is 17.0. The molecule has 2 N–H and O–H groups in total. The number of amides is 1. The Morgan fingerprint density at radius 3 is 2.52 bits per heavy atom. The lowest BCUT2D eigenvalue weighted by atomic mass is 9.94. The van der Waals surface area contributed by atoms with Crippen LogP contribution in [-0.4, -0.2) is 26.2 Å². The number of aryl methyl sites for hydroxylation is 1. The van der Waals surface area contributed by atoms with Crippen LogP contribution in [0.3, 0.4) is 0 Å². The Kier molecular flexibility index (Phi) is 4.72. The average molecular weight is 395 g/mol. The van der Waals surface area contributed by atoms with Gasteiger partial charge in [-0.25, -0.2) is 9.97 Å². The molecule has 0 bridgehead atoms. The van der Waals surface area contributed by atoms with E-state index in [1.54, 1.807) is 30.5 Å². The monoisotopic (exact) mass is 395 g/mol. The minimum absolute atomic E-state index is 0.0498. The number of hydrogen-bond acceptors (Lipinski definition) is 6. The molecule has 0 radical (unpaired) electrons. The molecular weight excluding hydrogens is 370 g/mol. The van der Waals surface area contributed by atoms with Gasteiger partial charge in [-0.2, -0.15) is 0 Å². The van der Waals surface area contributed by atoms with E-state index in [1.807, 2.05) is 6.92 Å². The molecule has 1 aliphatic carbocycles. The zero-order chi connectivity index (χ0) is 20.8. The Labute approximate surface area is 168 Å². The lowest BCUT2D eigenvalue weighted by molar-refractivity contribution is -0.118. The maximum absolute atomic E-state index is 13.3. The highest BCUT2D eigenvalue weighted by atomic mass is 16.2. The van der Waals surface area contributed by atoms with Crippen molar-refractivity contribution in [2.24, 2.45) is 5.92 Å². The Bertz CT molecular complexity index is 1050. The summed E-state index contributed by atoms with van der Waals surface area (Å²) >= 11 is 0. The zero-order valence-corrected chi connectivity index (χ0v) is 16.9. The lowest BCUT2D eigenvalue weighted by Gasteiger charge is -2.26. The van der Waals surface area contributed by atoms with Crippen LogP contribution in [0.2, 0.25) is 0 Å². The first-order chi connectivity index (χ1) is 13.8. The van der Waals surface area contributed by atoms with Crippen molar-refractivity contribution in [3.63, 3.8) is 0 Å². The molecule has 3 heterocycles. The van der Waals surface area contributed by atoms with Crippen molar-refractivity contribution >= 4 is 29.0 Å². The molecule has 1 fully saturated rings. The molecule has 0 saturated heterocycles. The number of nitrogens with zero attached hydrogens (tertiary/aromatic N) is 3. The van der Waals surface area contributed by atoms with Crippen molar-refractivity contribution in [2.75, 3.05) is 10.6 Å². The number of nitrogens with one attached hydrogen (secondary N) is 2. The molecule has 1 saturated carbocycles. The number of ketones is 1. The SMILES string of the molecule is Cc1cc(Nc2cc(NC(=O)C(C)C)ncn2)c(=O)n2c1C(=O)CC21CCCC1. The topological polar surface area (TPSA) is 106 Å². The van der Waals surface area contributed by atoms with Gasteiger partial charge >= 0.3 is 0 Å². The van der Waals surface area contributed by atoms with Crippen molar-refractivity contribution in [1.29, 1.82) is 0 Å². The van der Waals surface area contributed by atoms with E-state index in [9.17, 15) is 14.4 Å². The van der Waals surface area contributed by atoms with Gasteiger partial charge in [-0.3, -0.25) is 19.0 Å². The molecule has 29 heavy (non-hydrogen) atoms. The minimum Gasteiger partial charge on any atom is -0.336 e. The molecule has 4 rings (SSSR count). The van der Waals surface area contributed by atoms with Gasteiger partial charge in [-0.15, -0.1) is 0 Å². The maximum atomic E-state index is 13.3. The number of Topliss-reactive ketones (excluding diaryl/α,β-unsaturated/α-hetero) is 1. The van der Waals surface area contributed by atoms with E-state index in [0.29, 0.717) is 29.4 Å². The van der Waals surface area contributed by atoms with Crippen LogP contribution in [0.1, 0.15) is 62.0 Å². The highest BCUT2D eigenvalue weighted by Gasteiger charge is 2.46. The van der Waals surface area contributed by atoms with E-state index in [1.165, 1.54) is 6.33 Å². The molecule has 2 aliphatic rings. The first-order valence-electron chi connectivity index (χ1n) is 10.0. The van der Waals surface area contributed by atoms with E-state index in [-0.39, 0.29) is 28.7 Å². The number of carbonyl (C=O) groups excluding carboxylic acids is 2. The van der Waals surface area contributed by atoms with Gasteiger partial charge in [0.05, 0.1) is 11.2 Å². The summed E-state index contributed by atoms with van der Waals surface area (Å²) in [6.07, 6.45) is 5.51. The largest absolute Gasteiger partial charge is 0.336 e. The molecule has 0 aromatic carbocycles. The number of anilines is 3. The minimum atomic E-state index is -0.381. The Hall–Kier alpha value is -3.03. The van der Waals surface area contributed by atoms with Crippen molar-refractivity contribution in [1.82, 2.24) is 14.5 Å². The number of pyridine rings is 1. The van der Waals surface area contributed by atoms with Crippen molar-refractivity contribution in [2.45, 2.75) is 58.4 Å². The van der Waals surface area contributed by atoms with Crippen molar-refractivity contribution in [3.8, 4) is 0 Å². The predicted molar refractivity (Wildman–Crippen MR) is 110 cm³/mol. The lowest BCUT2D eigenvalue weighted by Crippen LogP contribution is -2.37. The number of rotatable bonds is 4. The van der Waals surface area contributed by atoms with Crippen LogP contribution in [0.25, 0.3) is 0 Å². The first kappa shape index (κ1) is 19.3. The van der Waals surface area contributed by atoms with Gasteiger partial charge in [0, 0.05) is 18.4 Å². The molecule has 152 valence electrons. The Balaban J connectivity index is 1.70. The van der Waals surface area contributed by atoms with Crippen LogP contribution >= 0.6 is 0 Å². The van der Waals surface area contributed by atoms with E-state index in [2.05, 4.69) is 20.6 Å². The fourth-order valence-electron chi connectivity index (χ4n) is 4.43. The van der Waals surface area contributed by atoms with Crippen molar-refractivity contribution < 1.29 is 9.59 Å². The molecule has 1 amide bonds. The third-order valence-electron chi connectivity index (χ3n) is 5.86. The second-order valence-corrected chi connectivity index (χ2v) is 8.32. The summed E-state index contributed by atoms with van der Waals surface area (Å²) in [5, 5.41) is 5.78. The summed E-state index contributed by atoms with van der Waals surface area (Å²) in [4.78, 5) is 46.1. The Morgan fingerprint density at radius 2 is 1.83 bits per heavy atom. The van der Waals surface area contributed by atoms with Crippen LogP contribution < -0.4 is 16.2 Å². The van der Waals surface area contributed by atoms with E-state index in [4.69, 9.17) is 0 Å². The molecule has 0 atom stereocenters. The molecular formula is C21H25N5O3. The number of carbonyl (C=O) groups is 2. The van der Waals surface area contributed by atoms with E-state index >= 15 is 0 Å². The molecule has 2 aromatic heterocycles. The maximum Gasteiger partial charge on any atom is 0.275 e. The van der Waals surface area contributed by atoms with Crippen LogP contribution in [0.15, 0.2) is 23.3 Å².